The number of aliphatic hydroxyl groups excluding tert-OH is 2. The normalized spacial score (nSPS) is 22.2. The van der Waals surface area contributed by atoms with Crippen molar-refractivity contribution in [1.82, 2.24) is 0 Å². The average Bonchev–Trinajstić information content (AvgIpc) is 2.96. The molecule has 3 N–H and O–H groups in total. The molecule has 0 heterocycles. The molecule has 1 saturated carbocycles. The van der Waals surface area contributed by atoms with Gasteiger partial charge >= 0.3 is 5.97 Å². The number of aliphatic hydroxyl groups is 2. The number of rotatable bonds is 14. The number of hydrogen-bond acceptors (Lipinski definition) is 6. The van der Waals surface area contributed by atoms with Crippen LogP contribution in [0.3, 0.4) is 0 Å². The number of unbranched alkanes of at least 4 members (excludes halogenated alkanes) is 3. The number of benzene rings is 1. The van der Waals surface area contributed by atoms with Crippen LogP contribution in [0.4, 0.5) is 4.39 Å². The molecule has 0 bridgehead atoms. The van der Waals surface area contributed by atoms with Crippen molar-refractivity contribution < 1.29 is 34.0 Å². The van der Waals surface area contributed by atoms with Crippen LogP contribution in [0.2, 0.25) is 0 Å². The molecule has 168 valence electrons. The zero-order valence-electron chi connectivity index (χ0n) is 17.0. The second kappa shape index (κ2) is 12.9. The van der Waals surface area contributed by atoms with E-state index in [1.807, 2.05) is 0 Å². The summed E-state index contributed by atoms with van der Waals surface area (Å²) >= 11 is 1.43. The Morgan fingerprint density at radius 1 is 1.20 bits per heavy atom. The van der Waals surface area contributed by atoms with Gasteiger partial charge in [0.25, 0.3) is 0 Å². The Bertz CT molecular complexity index is 668. The lowest BCUT2D eigenvalue weighted by Gasteiger charge is -2.22. The fraction of sp³-hybridized carbons (Fsp3) is 0.636. The first-order chi connectivity index (χ1) is 14.4. The molecule has 2 rings (SSSR count). The van der Waals surface area contributed by atoms with Crippen molar-refractivity contribution in [2.75, 3.05) is 12.4 Å². The standard InChI is InChI=1S/C22H31FO6S/c23-15-7-9-17(10-8-15)29-12-11-16(24)14-30-22-18(19(25)13-20(22)26)5-3-1-2-4-6-21(27)28/h7-10,16,18,20,22,24,26H,1-6,11-14H2,(H,27,28)/t16?,18-,20?,22+/m0/s1. The molecular formula is C22H31FO6S. The second-order valence-corrected chi connectivity index (χ2v) is 8.94. The summed E-state index contributed by atoms with van der Waals surface area (Å²) < 4.78 is 18.4. The highest BCUT2D eigenvalue weighted by Gasteiger charge is 2.41. The molecule has 8 heteroatoms. The van der Waals surface area contributed by atoms with E-state index in [0.29, 0.717) is 37.4 Å². The van der Waals surface area contributed by atoms with Crippen molar-refractivity contribution in [2.24, 2.45) is 5.92 Å². The first-order valence-corrected chi connectivity index (χ1v) is 11.5. The first kappa shape index (κ1) is 24.6. The summed E-state index contributed by atoms with van der Waals surface area (Å²) in [4.78, 5) is 22.8. The molecule has 2 unspecified atom stereocenters. The Balaban J connectivity index is 1.67. The number of carboxylic acids is 1. The molecule has 0 aromatic heterocycles. The molecule has 0 aliphatic heterocycles. The zero-order chi connectivity index (χ0) is 21.9. The highest BCUT2D eigenvalue weighted by molar-refractivity contribution is 8.00. The molecular weight excluding hydrogens is 411 g/mol. The van der Waals surface area contributed by atoms with Crippen LogP contribution in [-0.4, -0.2) is 56.9 Å². The lowest BCUT2D eigenvalue weighted by Crippen LogP contribution is -2.26. The van der Waals surface area contributed by atoms with Gasteiger partial charge in [0.2, 0.25) is 0 Å². The number of hydrogen-bond donors (Lipinski definition) is 3. The molecule has 1 aliphatic carbocycles. The third kappa shape index (κ3) is 8.62. The van der Waals surface area contributed by atoms with Gasteiger partial charge in [0, 0.05) is 36.2 Å². The number of carbonyl (C=O) groups excluding carboxylic acids is 1. The number of carboxylic acid groups (broad SMARTS) is 1. The number of carbonyl (C=O) groups is 2. The highest BCUT2D eigenvalue weighted by Crippen LogP contribution is 2.36. The van der Waals surface area contributed by atoms with E-state index in [1.165, 1.54) is 36.0 Å². The molecule has 0 spiro atoms. The lowest BCUT2D eigenvalue weighted by molar-refractivity contribution is -0.137. The molecule has 0 saturated heterocycles. The summed E-state index contributed by atoms with van der Waals surface area (Å²) in [5, 5.41) is 28.9. The van der Waals surface area contributed by atoms with Crippen molar-refractivity contribution in [3.8, 4) is 5.75 Å². The summed E-state index contributed by atoms with van der Waals surface area (Å²) in [6.07, 6.45) is 3.24. The van der Waals surface area contributed by atoms with E-state index in [2.05, 4.69) is 0 Å². The molecule has 1 aromatic carbocycles. The fourth-order valence-corrected chi connectivity index (χ4v) is 5.07. The maximum Gasteiger partial charge on any atom is 0.303 e. The lowest BCUT2D eigenvalue weighted by atomic mass is 9.98. The van der Waals surface area contributed by atoms with Crippen LogP contribution in [0.15, 0.2) is 24.3 Å². The Morgan fingerprint density at radius 3 is 2.60 bits per heavy atom. The topological polar surface area (TPSA) is 104 Å². The van der Waals surface area contributed by atoms with Gasteiger partial charge in [-0.1, -0.05) is 19.3 Å². The summed E-state index contributed by atoms with van der Waals surface area (Å²) in [5.74, 6) is -0.333. The van der Waals surface area contributed by atoms with Crippen LogP contribution in [0.1, 0.15) is 51.4 Å². The van der Waals surface area contributed by atoms with Crippen molar-refractivity contribution >= 4 is 23.5 Å². The smallest absolute Gasteiger partial charge is 0.303 e. The van der Waals surface area contributed by atoms with Gasteiger partial charge in [-0.25, -0.2) is 4.39 Å². The fourth-order valence-electron chi connectivity index (χ4n) is 3.62. The second-order valence-electron chi connectivity index (χ2n) is 7.73. The number of Topliss-reactive ketones (excluding diaryl/α,β-unsaturated/α-hetero) is 1. The minimum atomic E-state index is -0.790. The largest absolute Gasteiger partial charge is 0.493 e. The third-order valence-electron chi connectivity index (χ3n) is 5.27. The SMILES string of the molecule is O=C(O)CCCCCC[C@H]1C(=O)CC(O)[C@@H]1SCC(O)CCOc1ccc(F)cc1. The van der Waals surface area contributed by atoms with Crippen LogP contribution in [0, 0.1) is 11.7 Å². The van der Waals surface area contributed by atoms with Crippen LogP contribution in [0.5, 0.6) is 5.75 Å². The van der Waals surface area contributed by atoms with E-state index < -0.39 is 18.2 Å². The molecule has 1 fully saturated rings. The molecule has 30 heavy (non-hydrogen) atoms. The highest BCUT2D eigenvalue weighted by atomic mass is 32.2. The predicted octanol–water partition coefficient (Wildman–Crippen LogP) is 3.43. The molecule has 0 radical (unpaired) electrons. The van der Waals surface area contributed by atoms with E-state index in [9.17, 15) is 24.2 Å². The Kier molecular flexibility index (Phi) is 10.6. The minimum Gasteiger partial charge on any atom is -0.493 e. The number of thioether (sulfide) groups is 1. The van der Waals surface area contributed by atoms with Gasteiger partial charge in [-0.05, 0) is 37.1 Å². The maximum absolute atomic E-state index is 12.9. The Hall–Kier alpha value is -1.64. The predicted molar refractivity (Wildman–Crippen MR) is 113 cm³/mol. The summed E-state index contributed by atoms with van der Waals surface area (Å²) in [6, 6.07) is 5.69. The zero-order valence-corrected chi connectivity index (χ0v) is 17.9. The van der Waals surface area contributed by atoms with E-state index in [4.69, 9.17) is 9.84 Å². The maximum atomic E-state index is 12.9. The van der Waals surface area contributed by atoms with Gasteiger partial charge in [-0.15, -0.1) is 0 Å². The third-order valence-corrected chi connectivity index (χ3v) is 6.87. The summed E-state index contributed by atoms with van der Waals surface area (Å²) in [5.41, 5.74) is 0. The van der Waals surface area contributed by atoms with Gasteiger partial charge in [0.05, 0.1) is 18.8 Å². The molecule has 4 atom stereocenters. The summed E-state index contributed by atoms with van der Waals surface area (Å²) in [6.45, 7) is 0.291. The molecule has 6 nitrogen and oxygen atoms in total. The van der Waals surface area contributed by atoms with E-state index >= 15 is 0 Å². The van der Waals surface area contributed by atoms with Gasteiger partial charge < -0.3 is 20.1 Å². The average molecular weight is 443 g/mol. The number of ether oxygens (including phenoxy) is 1. The minimum absolute atomic E-state index is 0.0691. The van der Waals surface area contributed by atoms with Gasteiger partial charge in [-0.2, -0.15) is 11.8 Å². The van der Waals surface area contributed by atoms with E-state index in [0.717, 1.165) is 19.3 Å². The van der Waals surface area contributed by atoms with Gasteiger partial charge in [-0.3, -0.25) is 9.59 Å². The molecule has 1 aliphatic rings. The quantitative estimate of drug-likeness (QED) is 0.379. The van der Waals surface area contributed by atoms with Crippen molar-refractivity contribution in [2.45, 2.75) is 68.8 Å². The van der Waals surface area contributed by atoms with Crippen LogP contribution in [0.25, 0.3) is 0 Å². The van der Waals surface area contributed by atoms with Crippen molar-refractivity contribution in [3.63, 3.8) is 0 Å². The van der Waals surface area contributed by atoms with Crippen LogP contribution >= 0.6 is 11.8 Å². The summed E-state index contributed by atoms with van der Waals surface area (Å²) in [7, 11) is 0. The van der Waals surface area contributed by atoms with Crippen LogP contribution in [-0.2, 0) is 9.59 Å². The Morgan fingerprint density at radius 2 is 1.90 bits per heavy atom. The van der Waals surface area contributed by atoms with Crippen LogP contribution < -0.4 is 4.74 Å². The monoisotopic (exact) mass is 442 g/mol. The number of ketones is 1. The van der Waals surface area contributed by atoms with Gasteiger partial charge in [0.1, 0.15) is 17.3 Å². The van der Waals surface area contributed by atoms with E-state index in [-0.39, 0.29) is 35.6 Å². The van der Waals surface area contributed by atoms with E-state index in [1.54, 1.807) is 0 Å². The molecule has 0 amide bonds. The van der Waals surface area contributed by atoms with Crippen molar-refractivity contribution in [1.29, 1.82) is 0 Å². The first-order valence-electron chi connectivity index (χ1n) is 10.5. The Labute approximate surface area is 180 Å². The molecule has 1 aromatic rings. The number of aliphatic carboxylic acids is 1. The number of halogens is 1. The van der Waals surface area contributed by atoms with Crippen molar-refractivity contribution in [3.05, 3.63) is 30.1 Å². The van der Waals surface area contributed by atoms with Gasteiger partial charge in [0.15, 0.2) is 0 Å².